The molecule has 2 heterocycles. The number of imide groups is 1. The van der Waals surface area contributed by atoms with Gasteiger partial charge in [0.05, 0.1) is 25.1 Å². The monoisotopic (exact) mass is 466 g/mol. The maximum absolute atomic E-state index is 14.0. The van der Waals surface area contributed by atoms with Crippen molar-refractivity contribution in [3.05, 3.63) is 35.8 Å². The van der Waals surface area contributed by atoms with E-state index in [2.05, 4.69) is 20.2 Å². The number of anilines is 1. The molecular formula is C19H23FN6O5S. The molecule has 0 spiro atoms. The van der Waals surface area contributed by atoms with Gasteiger partial charge in [0.1, 0.15) is 6.54 Å². The van der Waals surface area contributed by atoms with Crippen molar-refractivity contribution < 1.29 is 27.1 Å². The molecule has 1 saturated heterocycles. The second-order valence-electron chi connectivity index (χ2n) is 7.84. The van der Waals surface area contributed by atoms with Crippen molar-refractivity contribution in [2.75, 3.05) is 23.8 Å². The molecule has 2 N–H and O–H groups in total. The molecule has 0 radical (unpaired) electrons. The van der Waals surface area contributed by atoms with Crippen LogP contribution in [0.1, 0.15) is 31.4 Å². The van der Waals surface area contributed by atoms with E-state index in [4.69, 9.17) is 4.74 Å². The van der Waals surface area contributed by atoms with Gasteiger partial charge in [0, 0.05) is 6.04 Å². The number of carbonyl (C=O) groups is 2. The van der Waals surface area contributed by atoms with Crippen LogP contribution < -0.4 is 19.7 Å². The van der Waals surface area contributed by atoms with Crippen LogP contribution in [0.25, 0.3) is 0 Å². The lowest BCUT2D eigenvalue weighted by atomic mass is 10.1. The number of rotatable bonds is 10. The van der Waals surface area contributed by atoms with Crippen LogP contribution in [0.4, 0.5) is 15.0 Å². The minimum atomic E-state index is -3.73. The average molecular weight is 466 g/mol. The molecule has 2 aromatic rings. The molecule has 3 amide bonds. The highest BCUT2D eigenvalue weighted by atomic mass is 32.2. The van der Waals surface area contributed by atoms with Crippen molar-refractivity contribution in [2.45, 2.75) is 32.4 Å². The van der Waals surface area contributed by atoms with Crippen molar-refractivity contribution in [2.24, 2.45) is 5.92 Å². The van der Waals surface area contributed by atoms with Gasteiger partial charge in [-0.3, -0.25) is 15.0 Å². The van der Waals surface area contributed by atoms with Crippen LogP contribution in [0.3, 0.4) is 0 Å². The van der Waals surface area contributed by atoms with Crippen molar-refractivity contribution in [1.29, 1.82) is 0 Å². The number of ether oxygens (including phenoxy) is 1. The molecular weight excluding hydrogens is 443 g/mol. The van der Waals surface area contributed by atoms with Crippen LogP contribution in [0.5, 0.6) is 5.75 Å². The number of benzene rings is 1. The summed E-state index contributed by atoms with van der Waals surface area (Å²) in [6, 6.07) is 3.07. The molecule has 0 bridgehead atoms. The number of sulfonamides is 1. The Hall–Kier alpha value is -3.06. The summed E-state index contributed by atoms with van der Waals surface area (Å²) in [5.74, 6) is -0.533. The first-order valence-electron chi connectivity index (χ1n) is 10.1. The van der Waals surface area contributed by atoms with Gasteiger partial charge in [0.15, 0.2) is 17.4 Å². The van der Waals surface area contributed by atoms with E-state index < -0.39 is 33.8 Å². The lowest BCUT2D eigenvalue weighted by molar-refractivity contribution is -0.117. The van der Waals surface area contributed by atoms with Crippen LogP contribution in [-0.4, -0.2) is 54.3 Å². The Morgan fingerprint density at radius 1 is 1.34 bits per heavy atom. The second-order valence-corrected chi connectivity index (χ2v) is 9.71. The maximum atomic E-state index is 14.0. The van der Waals surface area contributed by atoms with Crippen molar-refractivity contribution >= 4 is 27.8 Å². The maximum Gasteiger partial charge on any atom is 0.330 e. The third kappa shape index (κ3) is 5.40. The number of aromatic nitrogens is 3. The van der Waals surface area contributed by atoms with E-state index in [1.807, 2.05) is 0 Å². The molecule has 1 aromatic heterocycles. The summed E-state index contributed by atoms with van der Waals surface area (Å²) in [4.78, 5) is 25.2. The zero-order valence-electron chi connectivity index (χ0n) is 17.3. The number of amides is 3. The Labute approximate surface area is 184 Å². The van der Waals surface area contributed by atoms with Crippen molar-refractivity contribution in [1.82, 2.24) is 25.0 Å². The Morgan fingerprint density at radius 2 is 2.12 bits per heavy atom. The van der Waals surface area contributed by atoms with Gasteiger partial charge in [-0.05, 0) is 43.4 Å². The molecule has 0 unspecified atom stereocenters. The molecule has 4 rings (SSSR count). The molecule has 13 heteroatoms. The molecule has 2 aliphatic rings. The van der Waals surface area contributed by atoms with Crippen LogP contribution in [0, 0.1) is 11.7 Å². The Balaban J connectivity index is 1.33. The highest BCUT2D eigenvalue weighted by Gasteiger charge is 2.30. The summed E-state index contributed by atoms with van der Waals surface area (Å²) in [5.41, 5.74) is 0.574. The Kier molecular flexibility index (Phi) is 6.11. The van der Waals surface area contributed by atoms with Gasteiger partial charge in [-0.25, -0.2) is 22.3 Å². The standard InChI is InChI=1S/C19H23FN6O5S/c1-12(14-4-5-15(20)16(8-14)31-11-13-2-3-13)24-32(29,30)7-6-26-21-9-17(23-26)25-10-18(27)22-19(25)28/h4-5,8-9,12-13,24H,2-3,6-7,10-11H2,1H3,(H,22,27,28)/t12-/m1/s1. The summed E-state index contributed by atoms with van der Waals surface area (Å²) in [5, 5.41) is 10.1. The largest absolute Gasteiger partial charge is 0.490 e. The van der Waals surface area contributed by atoms with Crippen molar-refractivity contribution in [3.8, 4) is 5.75 Å². The van der Waals surface area contributed by atoms with E-state index >= 15 is 0 Å². The number of nitrogens with zero attached hydrogens (tertiary/aromatic N) is 4. The zero-order chi connectivity index (χ0) is 22.9. The fourth-order valence-corrected chi connectivity index (χ4v) is 4.33. The fraction of sp³-hybridized carbons (Fsp3) is 0.474. The summed E-state index contributed by atoms with van der Waals surface area (Å²) in [7, 11) is -3.73. The van der Waals surface area contributed by atoms with Crippen LogP contribution in [0.15, 0.2) is 24.4 Å². The van der Waals surface area contributed by atoms with E-state index in [1.165, 1.54) is 24.4 Å². The second kappa shape index (κ2) is 8.82. The summed E-state index contributed by atoms with van der Waals surface area (Å²) in [6.07, 6.45) is 3.43. The molecule has 11 nitrogen and oxygen atoms in total. The Bertz CT molecular complexity index is 1130. The van der Waals surface area contributed by atoms with E-state index in [0.717, 1.165) is 22.5 Å². The van der Waals surface area contributed by atoms with E-state index in [-0.39, 0.29) is 30.4 Å². The molecule has 1 aliphatic carbocycles. The Morgan fingerprint density at radius 3 is 2.81 bits per heavy atom. The van der Waals surface area contributed by atoms with Crippen LogP contribution in [-0.2, 0) is 21.4 Å². The molecule has 1 aliphatic heterocycles. The number of urea groups is 1. The minimum Gasteiger partial charge on any atom is -0.490 e. The number of aryl methyl sites for hydroxylation is 1. The van der Waals surface area contributed by atoms with Gasteiger partial charge in [-0.1, -0.05) is 6.07 Å². The van der Waals surface area contributed by atoms with Gasteiger partial charge in [0.25, 0.3) is 0 Å². The molecule has 32 heavy (non-hydrogen) atoms. The number of hydrogen-bond acceptors (Lipinski definition) is 7. The number of carbonyl (C=O) groups excluding carboxylic acids is 2. The quantitative estimate of drug-likeness (QED) is 0.498. The summed E-state index contributed by atoms with van der Waals surface area (Å²) in [6.45, 7) is 1.87. The molecule has 172 valence electrons. The highest BCUT2D eigenvalue weighted by Crippen LogP contribution is 2.31. The fourth-order valence-electron chi connectivity index (χ4n) is 3.14. The van der Waals surface area contributed by atoms with E-state index in [1.54, 1.807) is 6.92 Å². The molecule has 1 atom stereocenters. The SMILES string of the molecule is C[C@@H](NS(=O)(=O)CCn1ncc(N2CC(=O)NC2=O)n1)c1ccc(F)c(OCC2CC2)c1. The third-order valence-electron chi connectivity index (χ3n) is 5.14. The normalized spacial score (nSPS) is 17.5. The van der Waals surface area contributed by atoms with Gasteiger partial charge < -0.3 is 4.74 Å². The number of nitrogens with one attached hydrogen (secondary N) is 2. The summed E-state index contributed by atoms with van der Waals surface area (Å²) >= 11 is 0. The molecule has 1 aromatic carbocycles. The van der Waals surface area contributed by atoms with E-state index in [9.17, 15) is 22.4 Å². The average Bonchev–Trinajstić information content (AvgIpc) is 3.33. The van der Waals surface area contributed by atoms with E-state index in [0.29, 0.717) is 18.1 Å². The third-order valence-corrected chi connectivity index (χ3v) is 6.57. The smallest absolute Gasteiger partial charge is 0.330 e. The number of halogens is 1. The van der Waals surface area contributed by atoms with Crippen LogP contribution in [0.2, 0.25) is 0 Å². The topological polar surface area (TPSA) is 136 Å². The molecule has 2 fully saturated rings. The van der Waals surface area contributed by atoms with Gasteiger partial charge in [-0.2, -0.15) is 9.90 Å². The van der Waals surface area contributed by atoms with Gasteiger partial charge in [0.2, 0.25) is 15.9 Å². The van der Waals surface area contributed by atoms with Gasteiger partial charge in [-0.15, -0.1) is 5.10 Å². The predicted molar refractivity (Wildman–Crippen MR) is 111 cm³/mol. The van der Waals surface area contributed by atoms with Gasteiger partial charge >= 0.3 is 6.03 Å². The van der Waals surface area contributed by atoms with Crippen LogP contribution >= 0.6 is 0 Å². The lowest BCUT2D eigenvalue weighted by Crippen LogP contribution is -2.31. The zero-order valence-corrected chi connectivity index (χ0v) is 18.1. The first kappa shape index (κ1) is 22.1. The summed E-state index contributed by atoms with van der Waals surface area (Å²) < 4.78 is 47.1. The highest BCUT2D eigenvalue weighted by molar-refractivity contribution is 7.89. The lowest BCUT2D eigenvalue weighted by Gasteiger charge is -2.16. The first-order valence-corrected chi connectivity index (χ1v) is 11.8. The minimum absolute atomic E-state index is 0.0649. The number of hydrogen-bond donors (Lipinski definition) is 2. The molecule has 1 saturated carbocycles. The predicted octanol–water partition coefficient (Wildman–Crippen LogP) is 0.943. The van der Waals surface area contributed by atoms with Crippen molar-refractivity contribution in [3.63, 3.8) is 0 Å². The first-order chi connectivity index (χ1) is 15.2.